The molecular formula is C25H14F3NO3. The predicted molar refractivity (Wildman–Crippen MR) is 110 cm³/mol. The van der Waals surface area contributed by atoms with Gasteiger partial charge in [-0.2, -0.15) is 13.2 Å². The molecule has 1 aliphatic heterocycles. The second-order valence-electron chi connectivity index (χ2n) is 7.59. The van der Waals surface area contributed by atoms with Gasteiger partial charge in [0.1, 0.15) is 5.41 Å². The zero-order chi connectivity index (χ0) is 22.7. The molecule has 2 amide bonds. The van der Waals surface area contributed by atoms with Gasteiger partial charge in [-0.25, -0.2) is 4.90 Å². The number of rotatable bonds is 1. The first-order chi connectivity index (χ1) is 15.2. The van der Waals surface area contributed by atoms with Crippen LogP contribution in [-0.4, -0.2) is 17.6 Å². The SMILES string of the molecule is O=C1C=CC2(C(=O)N(c3ccc(C(F)(F)F)cc3)C(=O)c3ccccc32)c2ccccc21. The zero-order valence-corrected chi connectivity index (χ0v) is 16.4. The van der Waals surface area contributed by atoms with Crippen molar-refractivity contribution in [3.63, 3.8) is 0 Å². The van der Waals surface area contributed by atoms with Crippen molar-refractivity contribution in [3.05, 3.63) is 113 Å². The standard InChI is InChI=1S/C25H14F3NO3/c26-25(27,28)15-9-11-16(12-10-15)29-22(31)18-6-2-4-8-20(18)24(23(29)32)14-13-21(30)17-5-1-3-7-19(17)24/h1-14H. The van der Waals surface area contributed by atoms with E-state index in [2.05, 4.69) is 0 Å². The van der Waals surface area contributed by atoms with Gasteiger partial charge in [-0.1, -0.05) is 48.5 Å². The molecule has 0 aromatic heterocycles. The summed E-state index contributed by atoms with van der Waals surface area (Å²) in [5.41, 5.74) is -0.909. The van der Waals surface area contributed by atoms with Crippen LogP contribution < -0.4 is 4.90 Å². The molecule has 1 heterocycles. The topological polar surface area (TPSA) is 54.5 Å². The number of benzene rings is 3. The van der Waals surface area contributed by atoms with Gasteiger partial charge < -0.3 is 0 Å². The minimum atomic E-state index is -4.55. The Hall–Kier alpha value is -4.00. The van der Waals surface area contributed by atoms with Crippen molar-refractivity contribution in [2.24, 2.45) is 0 Å². The van der Waals surface area contributed by atoms with Crippen LogP contribution in [0.5, 0.6) is 0 Å². The van der Waals surface area contributed by atoms with Crippen LogP contribution in [0.1, 0.15) is 37.4 Å². The van der Waals surface area contributed by atoms with Crippen LogP contribution in [0.25, 0.3) is 0 Å². The Kier molecular flexibility index (Phi) is 4.20. The summed E-state index contributed by atoms with van der Waals surface area (Å²) in [5, 5.41) is 0. The Morgan fingerprint density at radius 1 is 0.719 bits per heavy atom. The zero-order valence-electron chi connectivity index (χ0n) is 16.4. The molecule has 3 aromatic rings. The fourth-order valence-electron chi connectivity index (χ4n) is 4.40. The van der Waals surface area contributed by atoms with E-state index in [9.17, 15) is 27.6 Å². The lowest BCUT2D eigenvalue weighted by Crippen LogP contribution is -2.55. The summed E-state index contributed by atoms with van der Waals surface area (Å²) in [4.78, 5) is 40.6. The maximum absolute atomic E-state index is 13.9. The minimum absolute atomic E-state index is 0.0182. The Labute approximate surface area is 180 Å². The number of carbonyl (C=O) groups is 3. The normalized spacial score (nSPS) is 19.8. The van der Waals surface area contributed by atoms with E-state index >= 15 is 0 Å². The highest BCUT2D eigenvalue weighted by molar-refractivity contribution is 6.30. The van der Waals surface area contributed by atoms with Crippen LogP contribution in [0.2, 0.25) is 0 Å². The highest BCUT2D eigenvalue weighted by Gasteiger charge is 2.53. The molecular weight excluding hydrogens is 419 g/mol. The number of nitrogens with zero attached hydrogens (tertiary/aromatic N) is 1. The van der Waals surface area contributed by atoms with E-state index in [0.717, 1.165) is 29.2 Å². The van der Waals surface area contributed by atoms with Crippen LogP contribution in [0.4, 0.5) is 18.9 Å². The van der Waals surface area contributed by atoms with Gasteiger partial charge in [0, 0.05) is 11.1 Å². The van der Waals surface area contributed by atoms with Crippen LogP contribution in [-0.2, 0) is 16.4 Å². The van der Waals surface area contributed by atoms with Gasteiger partial charge in [0.25, 0.3) is 11.8 Å². The molecule has 3 aromatic carbocycles. The van der Waals surface area contributed by atoms with Gasteiger partial charge in [-0.3, -0.25) is 14.4 Å². The third-order valence-corrected chi connectivity index (χ3v) is 5.88. The van der Waals surface area contributed by atoms with Gasteiger partial charge in [-0.05, 0) is 47.5 Å². The molecule has 0 saturated carbocycles. The number of fused-ring (bicyclic) bond motifs is 4. The average Bonchev–Trinajstić information content (AvgIpc) is 2.79. The van der Waals surface area contributed by atoms with Crippen LogP contribution in [0.15, 0.2) is 84.9 Å². The van der Waals surface area contributed by atoms with Crippen molar-refractivity contribution in [2.45, 2.75) is 11.6 Å². The Morgan fingerprint density at radius 2 is 1.28 bits per heavy atom. The van der Waals surface area contributed by atoms with Crippen LogP contribution in [0.3, 0.4) is 0 Å². The number of amides is 2. The Balaban J connectivity index is 1.76. The van der Waals surface area contributed by atoms with Gasteiger partial charge in [0.15, 0.2) is 5.78 Å². The molecule has 1 aliphatic carbocycles. The summed E-state index contributed by atoms with van der Waals surface area (Å²) in [6, 6.07) is 17.1. The molecule has 0 bridgehead atoms. The third-order valence-electron chi connectivity index (χ3n) is 5.88. The molecule has 7 heteroatoms. The van der Waals surface area contributed by atoms with Crippen molar-refractivity contribution in [1.82, 2.24) is 0 Å². The number of allylic oxidation sites excluding steroid dienone is 1. The second-order valence-corrected chi connectivity index (χ2v) is 7.59. The molecule has 0 radical (unpaired) electrons. The van der Waals surface area contributed by atoms with E-state index in [1.165, 1.54) is 12.2 Å². The molecule has 2 aliphatic rings. The quantitative estimate of drug-likeness (QED) is 0.512. The summed E-state index contributed by atoms with van der Waals surface area (Å²) in [5.74, 6) is -1.56. The number of carbonyl (C=O) groups excluding carboxylic acids is 3. The van der Waals surface area contributed by atoms with Crippen LogP contribution >= 0.6 is 0 Å². The molecule has 0 N–H and O–H groups in total. The fourth-order valence-corrected chi connectivity index (χ4v) is 4.40. The molecule has 1 atom stereocenters. The molecule has 1 unspecified atom stereocenters. The van der Waals surface area contributed by atoms with Crippen LogP contribution in [0, 0.1) is 0 Å². The first kappa shape index (κ1) is 19.9. The highest BCUT2D eigenvalue weighted by Crippen LogP contribution is 2.46. The van der Waals surface area contributed by atoms with Gasteiger partial charge >= 0.3 is 6.18 Å². The monoisotopic (exact) mass is 433 g/mol. The van der Waals surface area contributed by atoms with Crippen molar-refractivity contribution in [2.75, 3.05) is 4.90 Å². The number of alkyl halides is 3. The third kappa shape index (κ3) is 2.67. The summed E-state index contributed by atoms with van der Waals surface area (Å²) < 4.78 is 39.0. The first-order valence-electron chi connectivity index (χ1n) is 9.74. The minimum Gasteiger partial charge on any atom is -0.289 e. The maximum atomic E-state index is 13.9. The molecule has 0 fully saturated rings. The molecule has 1 spiro atoms. The lowest BCUT2D eigenvalue weighted by Gasteiger charge is -2.42. The number of hydrogen-bond donors (Lipinski definition) is 0. The number of imide groups is 1. The maximum Gasteiger partial charge on any atom is 0.416 e. The van der Waals surface area contributed by atoms with E-state index < -0.39 is 29.0 Å². The van der Waals surface area contributed by atoms with Crippen molar-refractivity contribution in [3.8, 4) is 0 Å². The lowest BCUT2D eigenvalue weighted by atomic mass is 9.65. The fraction of sp³-hybridized carbons (Fsp3) is 0.0800. The number of ketones is 1. The van der Waals surface area contributed by atoms with Crippen molar-refractivity contribution in [1.29, 1.82) is 0 Å². The van der Waals surface area contributed by atoms with Gasteiger partial charge in [0.2, 0.25) is 0 Å². The Bertz CT molecular complexity index is 1320. The smallest absolute Gasteiger partial charge is 0.289 e. The summed E-state index contributed by atoms with van der Waals surface area (Å²) >= 11 is 0. The Morgan fingerprint density at radius 3 is 1.91 bits per heavy atom. The molecule has 4 nitrogen and oxygen atoms in total. The van der Waals surface area contributed by atoms with E-state index in [-0.39, 0.29) is 17.0 Å². The first-order valence-corrected chi connectivity index (χ1v) is 9.74. The second kappa shape index (κ2) is 6.75. The van der Waals surface area contributed by atoms with Crippen molar-refractivity contribution >= 4 is 23.3 Å². The van der Waals surface area contributed by atoms with E-state index in [4.69, 9.17) is 0 Å². The predicted octanol–water partition coefficient (Wildman–Crippen LogP) is 4.93. The van der Waals surface area contributed by atoms with Gasteiger partial charge in [-0.15, -0.1) is 0 Å². The van der Waals surface area contributed by atoms with E-state index in [0.29, 0.717) is 16.7 Å². The average molecular weight is 433 g/mol. The van der Waals surface area contributed by atoms with E-state index in [1.807, 2.05) is 0 Å². The molecule has 5 rings (SSSR count). The summed E-state index contributed by atoms with van der Waals surface area (Å²) in [7, 11) is 0. The number of hydrogen-bond acceptors (Lipinski definition) is 3. The summed E-state index contributed by atoms with van der Waals surface area (Å²) in [6.45, 7) is 0. The van der Waals surface area contributed by atoms with E-state index in [1.54, 1.807) is 48.5 Å². The molecule has 32 heavy (non-hydrogen) atoms. The lowest BCUT2D eigenvalue weighted by molar-refractivity contribution is -0.137. The summed E-state index contributed by atoms with van der Waals surface area (Å²) in [6.07, 6.45) is -1.77. The molecule has 0 saturated heterocycles. The van der Waals surface area contributed by atoms with Crippen molar-refractivity contribution < 1.29 is 27.6 Å². The number of halogens is 3. The molecule has 158 valence electrons. The van der Waals surface area contributed by atoms with Gasteiger partial charge in [0.05, 0.1) is 11.3 Å². The largest absolute Gasteiger partial charge is 0.416 e. The highest BCUT2D eigenvalue weighted by atomic mass is 19.4. The number of anilines is 1.